The van der Waals surface area contributed by atoms with Crippen molar-refractivity contribution in [3.63, 3.8) is 0 Å². The number of halogens is 1. The van der Waals surface area contributed by atoms with Gasteiger partial charge in [0.15, 0.2) is 23.0 Å². The Labute approximate surface area is 184 Å². The molecule has 1 aliphatic heterocycles. The van der Waals surface area contributed by atoms with Crippen LogP contribution in [0.25, 0.3) is 10.9 Å². The normalized spacial score (nSPS) is 13.5. The number of fused-ring (bicyclic) bond motifs is 2. The van der Waals surface area contributed by atoms with Crippen LogP contribution in [0, 0.1) is 3.57 Å². The second-order valence-electron chi connectivity index (χ2n) is 7.11. The first-order valence-electron chi connectivity index (χ1n) is 9.73. The maximum atomic E-state index is 5.59. The molecule has 1 aliphatic rings. The Morgan fingerprint density at radius 2 is 1.79 bits per heavy atom. The van der Waals surface area contributed by atoms with Crippen molar-refractivity contribution in [3.8, 4) is 23.0 Å². The van der Waals surface area contributed by atoms with Crippen LogP contribution in [-0.2, 0) is 6.42 Å². The molecule has 0 radical (unpaired) electrons. The van der Waals surface area contributed by atoms with E-state index in [4.69, 9.17) is 18.9 Å². The van der Waals surface area contributed by atoms with Crippen LogP contribution in [0.5, 0.6) is 23.0 Å². The van der Waals surface area contributed by atoms with Gasteiger partial charge in [0.05, 0.1) is 19.7 Å². The van der Waals surface area contributed by atoms with Crippen molar-refractivity contribution in [1.82, 2.24) is 4.98 Å². The van der Waals surface area contributed by atoms with E-state index in [-0.39, 0.29) is 6.79 Å². The van der Waals surface area contributed by atoms with Crippen LogP contribution in [0.4, 0.5) is 0 Å². The molecule has 0 amide bonds. The molecule has 0 bridgehead atoms. The summed E-state index contributed by atoms with van der Waals surface area (Å²) in [5.41, 5.74) is 3.48. The molecule has 0 saturated carbocycles. The molecule has 152 valence electrons. The van der Waals surface area contributed by atoms with Gasteiger partial charge in [0.2, 0.25) is 6.79 Å². The zero-order chi connectivity index (χ0) is 20.4. The van der Waals surface area contributed by atoms with Gasteiger partial charge in [0, 0.05) is 21.2 Å². The maximum absolute atomic E-state index is 5.59. The molecule has 3 aromatic rings. The van der Waals surface area contributed by atoms with Crippen LogP contribution >= 0.6 is 22.6 Å². The predicted octanol–water partition coefficient (Wildman–Crippen LogP) is 5.71. The lowest BCUT2D eigenvalue weighted by molar-refractivity contribution is 0.174. The highest BCUT2D eigenvalue weighted by Gasteiger charge is 2.21. The van der Waals surface area contributed by atoms with Gasteiger partial charge in [-0.25, -0.2) is 0 Å². The Morgan fingerprint density at radius 1 is 1.07 bits per heavy atom. The number of ether oxygens (including phenoxy) is 4. The third-order valence-corrected chi connectivity index (χ3v) is 6.31. The van der Waals surface area contributed by atoms with Crippen LogP contribution in [0.2, 0.25) is 0 Å². The van der Waals surface area contributed by atoms with Gasteiger partial charge in [-0.3, -0.25) is 4.98 Å². The first-order chi connectivity index (χ1) is 14.1. The molecule has 0 N–H and O–H groups in total. The van der Waals surface area contributed by atoms with Gasteiger partial charge in [-0.1, -0.05) is 13.3 Å². The summed E-state index contributed by atoms with van der Waals surface area (Å²) in [6.07, 6.45) is 4.98. The molecule has 2 aromatic carbocycles. The minimum Gasteiger partial charge on any atom is -0.493 e. The molecule has 2 heterocycles. The number of pyridine rings is 1. The fraction of sp³-hybridized carbons (Fsp3) is 0.348. The summed E-state index contributed by atoms with van der Waals surface area (Å²) in [4.78, 5) is 4.54. The topological polar surface area (TPSA) is 49.8 Å². The van der Waals surface area contributed by atoms with Crippen molar-refractivity contribution in [2.75, 3.05) is 21.0 Å². The summed E-state index contributed by atoms with van der Waals surface area (Å²) in [6.45, 7) is 2.49. The number of hydrogen-bond donors (Lipinski definition) is 0. The SMILES string of the molecule is CCCC(Cc1ccnc2cc3c(cc12)OCO3)c1cc(OC)c(OC)cc1I. The molecule has 6 heteroatoms. The van der Waals surface area contributed by atoms with Crippen molar-refractivity contribution in [1.29, 1.82) is 0 Å². The minimum absolute atomic E-state index is 0.267. The largest absolute Gasteiger partial charge is 0.493 e. The molecular weight excluding hydrogens is 481 g/mol. The second kappa shape index (κ2) is 8.65. The van der Waals surface area contributed by atoms with Crippen LogP contribution in [0.1, 0.15) is 36.8 Å². The first-order valence-corrected chi connectivity index (χ1v) is 10.8. The molecule has 29 heavy (non-hydrogen) atoms. The molecular formula is C23H24INO4. The average Bonchev–Trinajstić information content (AvgIpc) is 3.19. The lowest BCUT2D eigenvalue weighted by atomic mass is 9.87. The van der Waals surface area contributed by atoms with E-state index < -0.39 is 0 Å². The summed E-state index contributed by atoms with van der Waals surface area (Å²) in [6, 6.07) is 10.3. The lowest BCUT2D eigenvalue weighted by Crippen LogP contribution is -2.07. The lowest BCUT2D eigenvalue weighted by Gasteiger charge is -2.21. The predicted molar refractivity (Wildman–Crippen MR) is 121 cm³/mol. The van der Waals surface area contributed by atoms with Crippen molar-refractivity contribution < 1.29 is 18.9 Å². The summed E-state index contributed by atoms with van der Waals surface area (Å²) >= 11 is 2.40. The monoisotopic (exact) mass is 505 g/mol. The highest BCUT2D eigenvalue weighted by molar-refractivity contribution is 14.1. The number of nitrogens with zero attached hydrogens (tertiary/aromatic N) is 1. The number of aromatic nitrogens is 1. The van der Waals surface area contributed by atoms with E-state index in [1.165, 1.54) is 14.7 Å². The summed E-state index contributed by atoms with van der Waals surface area (Å²) in [5, 5.41) is 1.12. The molecule has 1 unspecified atom stereocenters. The van der Waals surface area contributed by atoms with Gasteiger partial charge < -0.3 is 18.9 Å². The van der Waals surface area contributed by atoms with E-state index in [0.717, 1.165) is 53.2 Å². The quantitative estimate of drug-likeness (QED) is 0.385. The van der Waals surface area contributed by atoms with Crippen molar-refractivity contribution in [2.45, 2.75) is 32.1 Å². The third-order valence-electron chi connectivity index (χ3n) is 5.37. The maximum Gasteiger partial charge on any atom is 0.231 e. The molecule has 0 aliphatic carbocycles. The molecule has 0 fully saturated rings. The average molecular weight is 505 g/mol. The standard InChI is InChI=1S/C23H24INO4/c1-4-5-14(16-9-20(26-2)21(27-3)11-18(16)24)8-15-6-7-25-19-12-23-22(10-17(15)19)28-13-29-23/h6-7,9-12,14H,4-5,8,13H2,1-3H3. The molecule has 4 rings (SSSR count). The Bertz CT molecular complexity index is 1040. The molecule has 0 spiro atoms. The summed E-state index contributed by atoms with van der Waals surface area (Å²) in [7, 11) is 3.35. The van der Waals surface area contributed by atoms with E-state index in [1.54, 1.807) is 14.2 Å². The highest BCUT2D eigenvalue weighted by atomic mass is 127. The number of hydrogen-bond acceptors (Lipinski definition) is 5. The number of methoxy groups -OCH3 is 2. The highest BCUT2D eigenvalue weighted by Crippen LogP contribution is 2.40. The smallest absolute Gasteiger partial charge is 0.231 e. The minimum atomic E-state index is 0.267. The van der Waals surface area contributed by atoms with Gasteiger partial charge >= 0.3 is 0 Å². The van der Waals surface area contributed by atoms with E-state index in [0.29, 0.717) is 5.92 Å². The fourth-order valence-corrected chi connectivity index (χ4v) is 4.81. The molecule has 0 saturated heterocycles. The molecule has 1 atom stereocenters. The van der Waals surface area contributed by atoms with Gasteiger partial charge in [0.25, 0.3) is 0 Å². The fourth-order valence-electron chi connectivity index (χ4n) is 3.93. The summed E-state index contributed by atoms with van der Waals surface area (Å²) < 4.78 is 23.3. The Hall–Kier alpha value is -2.22. The van der Waals surface area contributed by atoms with Crippen LogP contribution in [0.3, 0.4) is 0 Å². The van der Waals surface area contributed by atoms with E-state index >= 15 is 0 Å². The van der Waals surface area contributed by atoms with E-state index in [9.17, 15) is 0 Å². The van der Waals surface area contributed by atoms with Crippen molar-refractivity contribution in [2.24, 2.45) is 0 Å². The van der Waals surface area contributed by atoms with E-state index in [2.05, 4.69) is 58.8 Å². The van der Waals surface area contributed by atoms with Gasteiger partial charge in [0.1, 0.15) is 0 Å². The Morgan fingerprint density at radius 3 is 2.52 bits per heavy atom. The van der Waals surface area contributed by atoms with Gasteiger partial charge in [-0.15, -0.1) is 0 Å². The molecule has 1 aromatic heterocycles. The van der Waals surface area contributed by atoms with Gasteiger partial charge in [-0.2, -0.15) is 0 Å². The Balaban J connectivity index is 1.75. The van der Waals surface area contributed by atoms with Crippen LogP contribution in [0.15, 0.2) is 36.5 Å². The van der Waals surface area contributed by atoms with E-state index in [1.807, 2.05) is 12.3 Å². The van der Waals surface area contributed by atoms with Crippen LogP contribution in [-0.4, -0.2) is 26.0 Å². The van der Waals surface area contributed by atoms with Gasteiger partial charge in [-0.05, 0) is 76.7 Å². The second-order valence-corrected chi connectivity index (χ2v) is 8.27. The first kappa shape index (κ1) is 20.1. The number of benzene rings is 2. The third kappa shape index (κ3) is 3.95. The summed E-state index contributed by atoms with van der Waals surface area (Å²) in [5.74, 6) is 3.45. The molecule has 5 nitrogen and oxygen atoms in total. The number of rotatable bonds is 7. The van der Waals surface area contributed by atoms with Crippen molar-refractivity contribution >= 4 is 33.5 Å². The van der Waals surface area contributed by atoms with Crippen LogP contribution < -0.4 is 18.9 Å². The zero-order valence-electron chi connectivity index (χ0n) is 16.8. The Kier molecular flexibility index (Phi) is 5.99. The zero-order valence-corrected chi connectivity index (χ0v) is 19.0. The van der Waals surface area contributed by atoms with Crippen molar-refractivity contribution in [3.05, 3.63) is 51.2 Å².